The minimum Gasteiger partial charge on any atom is -0.464 e. The predicted octanol–water partition coefficient (Wildman–Crippen LogP) is 1.42. The number of carbonyl (C=O) groups excluding carboxylic acids is 1. The van der Waals surface area contributed by atoms with Gasteiger partial charge in [0.2, 0.25) is 0 Å². The highest BCUT2D eigenvalue weighted by Gasteiger charge is 2.46. The molecule has 1 aromatic rings. The zero-order valence-corrected chi connectivity index (χ0v) is 12.2. The number of hydrogen-bond acceptors (Lipinski definition) is 7. The number of benzene rings is 1. The van der Waals surface area contributed by atoms with E-state index in [-0.39, 0.29) is 5.75 Å². The normalized spacial score (nSPS) is 13.4. The highest BCUT2D eigenvalue weighted by molar-refractivity contribution is 7.86. The SMILES string of the molecule is COC(=O)C(OS(C)(=O)=O)[P+](=O)Oc1ccc(F)cc1. The molecule has 10 heteroatoms. The average Bonchev–Trinajstić information content (AvgIpc) is 2.36. The molecule has 0 aromatic heterocycles. The van der Waals surface area contributed by atoms with Gasteiger partial charge in [0, 0.05) is 0 Å². The molecule has 0 spiro atoms. The van der Waals surface area contributed by atoms with Crippen molar-refractivity contribution >= 4 is 24.1 Å². The van der Waals surface area contributed by atoms with Crippen LogP contribution in [0.5, 0.6) is 5.75 Å². The molecule has 1 aromatic carbocycles. The van der Waals surface area contributed by atoms with Gasteiger partial charge in [-0.05, 0) is 28.8 Å². The number of hydrogen-bond donors (Lipinski definition) is 0. The van der Waals surface area contributed by atoms with Gasteiger partial charge in [-0.25, -0.2) is 13.4 Å². The topological polar surface area (TPSA) is 96.0 Å². The molecule has 0 saturated heterocycles. The van der Waals surface area contributed by atoms with E-state index in [0.717, 1.165) is 31.4 Å². The van der Waals surface area contributed by atoms with Crippen LogP contribution < -0.4 is 4.52 Å². The van der Waals surface area contributed by atoms with E-state index in [4.69, 9.17) is 4.52 Å². The Balaban J connectivity index is 2.88. The van der Waals surface area contributed by atoms with Crippen LogP contribution >= 0.6 is 8.03 Å². The molecule has 0 saturated carbocycles. The molecule has 0 aliphatic rings. The Labute approximate surface area is 115 Å². The third kappa shape index (κ3) is 5.20. The first-order valence-electron chi connectivity index (χ1n) is 5.09. The van der Waals surface area contributed by atoms with Crippen LogP contribution in [0.25, 0.3) is 0 Å². The van der Waals surface area contributed by atoms with Crippen molar-refractivity contribution in [3.8, 4) is 5.75 Å². The molecular formula is C10H11FO7PS+. The van der Waals surface area contributed by atoms with Gasteiger partial charge in [0.25, 0.3) is 10.1 Å². The molecule has 0 amide bonds. The molecule has 110 valence electrons. The maximum absolute atomic E-state index is 12.7. The lowest BCUT2D eigenvalue weighted by Gasteiger charge is -2.04. The van der Waals surface area contributed by atoms with Gasteiger partial charge in [0.1, 0.15) is 5.82 Å². The van der Waals surface area contributed by atoms with Gasteiger partial charge in [0.15, 0.2) is 5.75 Å². The molecule has 0 heterocycles. The van der Waals surface area contributed by atoms with Crippen molar-refractivity contribution in [1.29, 1.82) is 0 Å². The number of esters is 1. The second kappa shape index (κ2) is 6.74. The smallest absolute Gasteiger partial charge is 0.464 e. The molecule has 0 aliphatic carbocycles. The zero-order chi connectivity index (χ0) is 15.3. The maximum Gasteiger partial charge on any atom is 0.602 e. The number of methoxy groups -OCH3 is 1. The van der Waals surface area contributed by atoms with E-state index in [1.54, 1.807) is 0 Å². The van der Waals surface area contributed by atoms with Gasteiger partial charge < -0.3 is 4.74 Å². The number of rotatable bonds is 6. The van der Waals surface area contributed by atoms with Crippen LogP contribution in [0, 0.1) is 5.82 Å². The highest BCUT2D eigenvalue weighted by atomic mass is 32.2. The monoisotopic (exact) mass is 325 g/mol. The zero-order valence-electron chi connectivity index (χ0n) is 10.5. The molecule has 0 bridgehead atoms. The fourth-order valence-corrected chi connectivity index (χ4v) is 2.94. The van der Waals surface area contributed by atoms with E-state index in [9.17, 15) is 22.2 Å². The highest BCUT2D eigenvalue weighted by Crippen LogP contribution is 2.34. The molecule has 20 heavy (non-hydrogen) atoms. The molecule has 1 rings (SSSR count). The van der Waals surface area contributed by atoms with E-state index < -0.39 is 35.8 Å². The third-order valence-electron chi connectivity index (χ3n) is 1.87. The fraction of sp³-hybridized carbons (Fsp3) is 0.300. The van der Waals surface area contributed by atoms with Crippen LogP contribution in [0.4, 0.5) is 4.39 Å². The molecule has 2 atom stereocenters. The van der Waals surface area contributed by atoms with Gasteiger partial charge >= 0.3 is 19.8 Å². The van der Waals surface area contributed by atoms with Gasteiger partial charge in [0.05, 0.1) is 13.4 Å². The maximum atomic E-state index is 12.7. The molecule has 7 nitrogen and oxygen atoms in total. The van der Waals surface area contributed by atoms with E-state index in [1.807, 2.05) is 0 Å². The lowest BCUT2D eigenvalue weighted by Crippen LogP contribution is -2.26. The van der Waals surface area contributed by atoms with Crippen LogP contribution in [-0.4, -0.2) is 33.6 Å². The van der Waals surface area contributed by atoms with Crippen LogP contribution in [-0.2, 0) is 28.4 Å². The van der Waals surface area contributed by atoms with Crippen molar-refractivity contribution in [2.24, 2.45) is 0 Å². The summed E-state index contributed by atoms with van der Waals surface area (Å²) in [5, 5.41) is 0. The second-order valence-corrected chi connectivity index (χ2v) is 6.33. The van der Waals surface area contributed by atoms with Crippen molar-refractivity contribution in [2.75, 3.05) is 13.4 Å². The molecule has 2 unspecified atom stereocenters. The lowest BCUT2D eigenvalue weighted by molar-refractivity contribution is -0.144. The Morgan fingerprint density at radius 1 is 1.30 bits per heavy atom. The van der Waals surface area contributed by atoms with Gasteiger partial charge in [-0.2, -0.15) is 8.42 Å². The largest absolute Gasteiger partial charge is 0.602 e. The molecular weight excluding hydrogens is 314 g/mol. The van der Waals surface area contributed by atoms with Crippen molar-refractivity contribution in [1.82, 2.24) is 0 Å². The number of ether oxygens (including phenoxy) is 1. The Morgan fingerprint density at radius 3 is 2.30 bits per heavy atom. The summed E-state index contributed by atoms with van der Waals surface area (Å²) in [6.07, 6.45) is 0.685. The number of halogens is 1. The third-order valence-corrected chi connectivity index (χ3v) is 3.64. The molecule has 0 radical (unpaired) electrons. The summed E-state index contributed by atoms with van der Waals surface area (Å²) in [7, 11) is -5.96. The summed E-state index contributed by atoms with van der Waals surface area (Å²) in [6, 6.07) is 4.42. The Kier molecular flexibility index (Phi) is 5.55. The van der Waals surface area contributed by atoms with E-state index in [0.29, 0.717) is 6.26 Å². The first-order chi connectivity index (χ1) is 9.23. The van der Waals surface area contributed by atoms with Crippen molar-refractivity contribution < 1.29 is 35.6 Å². The summed E-state index contributed by atoms with van der Waals surface area (Å²) in [6.45, 7) is 0. The lowest BCUT2D eigenvalue weighted by atomic mass is 10.3. The minimum absolute atomic E-state index is 0.0153. The molecule has 0 aliphatic heterocycles. The van der Waals surface area contributed by atoms with E-state index in [1.165, 1.54) is 0 Å². The Bertz CT molecular complexity index is 599. The second-order valence-electron chi connectivity index (χ2n) is 3.51. The van der Waals surface area contributed by atoms with Crippen LogP contribution in [0.15, 0.2) is 24.3 Å². The van der Waals surface area contributed by atoms with Crippen molar-refractivity contribution in [3.05, 3.63) is 30.1 Å². The number of carbonyl (C=O) groups is 1. The van der Waals surface area contributed by atoms with Crippen LogP contribution in [0.1, 0.15) is 0 Å². The minimum atomic E-state index is -4.05. The van der Waals surface area contributed by atoms with Crippen LogP contribution in [0.2, 0.25) is 0 Å². The average molecular weight is 325 g/mol. The standard InChI is InChI=1S/C10H11FO7PS/c1-16-9(12)10(18-20(2,14)15)19(13)17-8-5-3-7(11)4-6-8/h3-6,10H,1-2H3/q+1. The van der Waals surface area contributed by atoms with Crippen molar-refractivity contribution in [2.45, 2.75) is 5.85 Å². The summed E-state index contributed by atoms with van der Waals surface area (Å²) < 4.78 is 60.0. The van der Waals surface area contributed by atoms with Gasteiger partial charge in [-0.1, -0.05) is 0 Å². The summed E-state index contributed by atoms with van der Waals surface area (Å²) >= 11 is 0. The first-order valence-corrected chi connectivity index (χ1v) is 8.15. The van der Waals surface area contributed by atoms with E-state index in [2.05, 4.69) is 8.92 Å². The van der Waals surface area contributed by atoms with E-state index >= 15 is 0 Å². The first kappa shape index (κ1) is 16.5. The van der Waals surface area contributed by atoms with Gasteiger partial charge in [-0.3, -0.25) is 4.52 Å². The molecule has 0 N–H and O–H groups in total. The molecule has 0 fully saturated rings. The predicted molar refractivity (Wildman–Crippen MR) is 66.4 cm³/mol. The Hall–Kier alpha value is -1.57. The fourth-order valence-electron chi connectivity index (χ4n) is 1.07. The van der Waals surface area contributed by atoms with Crippen molar-refractivity contribution in [3.63, 3.8) is 0 Å². The quantitative estimate of drug-likeness (QED) is 0.443. The van der Waals surface area contributed by atoms with Crippen LogP contribution in [0.3, 0.4) is 0 Å². The summed E-state index contributed by atoms with van der Waals surface area (Å²) in [5.41, 5.74) is 0. The van der Waals surface area contributed by atoms with Gasteiger partial charge in [-0.15, -0.1) is 0 Å². The summed E-state index contributed by atoms with van der Waals surface area (Å²) in [5.74, 6) is -3.66. The Morgan fingerprint density at radius 2 is 1.85 bits per heavy atom. The summed E-state index contributed by atoms with van der Waals surface area (Å²) in [4.78, 5) is 11.3.